The number of thioether (sulfide) groups is 1. The number of nitrogens with zero attached hydrogens (tertiary/aromatic N) is 1. The molecule has 0 aliphatic carbocycles. The SMILES string of the molecule is O=C(O)C(CN1CCOCC1)C1CCSCC1. The number of aliphatic carboxylic acids is 1. The van der Waals surface area contributed by atoms with E-state index in [1.54, 1.807) is 0 Å². The zero-order valence-electron chi connectivity index (χ0n) is 10.1. The van der Waals surface area contributed by atoms with Gasteiger partial charge < -0.3 is 9.84 Å². The number of carboxylic acid groups (broad SMARTS) is 1. The summed E-state index contributed by atoms with van der Waals surface area (Å²) in [6, 6.07) is 0. The highest BCUT2D eigenvalue weighted by Crippen LogP contribution is 2.29. The minimum Gasteiger partial charge on any atom is -0.481 e. The van der Waals surface area contributed by atoms with Crippen LogP contribution in [-0.4, -0.2) is 60.3 Å². The Morgan fingerprint density at radius 3 is 2.59 bits per heavy atom. The Bertz CT molecular complexity index is 250. The first-order valence-corrected chi connectivity index (χ1v) is 7.53. The Morgan fingerprint density at radius 1 is 1.35 bits per heavy atom. The summed E-state index contributed by atoms with van der Waals surface area (Å²) < 4.78 is 5.29. The third-order valence-electron chi connectivity index (χ3n) is 3.71. The summed E-state index contributed by atoms with van der Waals surface area (Å²) >= 11 is 1.95. The summed E-state index contributed by atoms with van der Waals surface area (Å²) in [5.41, 5.74) is 0. The van der Waals surface area contributed by atoms with Gasteiger partial charge in [-0.2, -0.15) is 11.8 Å². The number of hydrogen-bond donors (Lipinski definition) is 1. The Morgan fingerprint density at radius 2 is 2.00 bits per heavy atom. The fourth-order valence-corrected chi connectivity index (χ4v) is 3.75. The van der Waals surface area contributed by atoms with E-state index in [1.807, 2.05) is 11.8 Å². The van der Waals surface area contributed by atoms with Gasteiger partial charge in [0.1, 0.15) is 0 Å². The molecule has 2 aliphatic heterocycles. The van der Waals surface area contributed by atoms with Crippen molar-refractivity contribution in [2.75, 3.05) is 44.4 Å². The van der Waals surface area contributed by atoms with Gasteiger partial charge in [-0.05, 0) is 30.3 Å². The van der Waals surface area contributed by atoms with E-state index in [0.717, 1.165) is 50.7 Å². The van der Waals surface area contributed by atoms with Crippen LogP contribution in [0.4, 0.5) is 0 Å². The highest BCUT2D eigenvalue weighted by Gasteiger charge is 2.31. The second kappa shape index (κ2) is 6.61. The second-order valence-electron chi connectivity index (χ2n) is 4.81. The number of carboxylic acids is 1. The molecule has 1 N–H and O–H groups in total. The Balaban J connectivity index is 1.88. The maximum absolute atomic E-state index is 11.4. The Hall–Kier alpha value is -0.260. The van der Waals surface area contributed by atoms with E-state index < -0.39 is 5.97 Å². The summed E-state index contributed by atoms with van der Waals surface area (Å²) in [4.78, 5) is 13.6. The molecule has 0 radical (unpaired) electrons. The van der Waals surface area contributed by atoms with Crippen LogP contribution in [-0.2, 0) is 9.53 Å². The molecule has 98 valence electrons. The van der Waals surface area contributed by atoms with Crippen molar-refractivity contribution in [3.8, 4) is 0 Å². The van der Waals surface area contributed by atoms with E-state index >= 15 is 0 Å². The molecule has 0 aromatic heterocycles. The topological polar surface area (TPSA) is 49.8 Å². The normalized spacial score (nSPS) is 25.6. The minimum atomic E-state index is -0.617. The van der Waals surface area contributed by atoms with Crippen molar-refractivity contribution in [2.45, 2.75) is 12.8 Å². The first-order chi connectivity index (χ1) is 8.27. The third kappa shape index (κ3) is 3.86. The van der Waals surface area contributed by atoms with Gasteiger partial charge in [0.15, 0.2) is 0 Å². The molecule has 0 bridgehead atoms. The van der Waals surface area contributed by atoms with Crippen LogP contribution < -0.4 is 0 Å². The van der Waals surface area contributed by atoms with Crippen LogP contribution in [0.3, 0.4) is 0 Å². The number of carbonyl (C=O) groups is 1. The van der Waals surface area contributed by atoms with E-state index in [0.29, 0.717) is 12.5 Å². The van der Waals surface area contributed by atoms with Gasteiger partial charge >= 0.3 is 5.97 Å². The Labute approximate surface area is 107 Å². The van der Waals surface area contributed by atoms with Gasteiger partial charge in [-0.3, -0.25) is 9.69 Å². The predicted octanol–water partition coefficient (Wildman–Crippen LogP) is 1.16. The minimum absolute atomic E-state index is 0.186. The Kier molecular flexibility index (Phi) is 5.13. The van der Waals surface area contributed by atoms with Crippen molar-refractivity contribution in [3.63, 3.8) is 0 Å². The molecule has 1 unspecified atom stereocenters. The average molecular weight is 259 g/mol. The van der Waals surface area contributed by atoms with Crippen LogP contribution in [0.1, 0.15) is 12.8 Å². The van der Waals surface area contributed by atoms with Crippen LogP contribution in [0.2, 0.25) is 0 Å². The largest absolute Gasteiger partial charge is 0.481 e. The molecule has 0 saturated carbocycles. The molecule has 2 aliphatic rings. The van der Waals surface area contributed by atoms with Gasteiger partial charge in [-0.15, -0.1) is 0 Å². The average Bonchev–Trinajstić information content (AvgIpc) is 2.38. The van der Waals surface area contributed by atoms with Crippen LogP contribution >= 0.6 is 11.8 Å². The van der Waals surface area contributed by atoms with Gasteiger partial charge in [0, 0.05) is 19.6 Å². The van der Waals surface area contributed by atoms with E-state index in [9.17, 15) is 9.90 Å². The lowest BCUT2D eigenvalue weighted by Crippen LogP contribution is -2.43. The predicted molar refractivity (Wildman–Crippen MR) is 68.4 cm³/mol. The number of morpholine rings is 1. The lowest BCUT2D eigenvalue weighted by Gasteiger charge is -2.33. The van der Waals surface area contributed by atoms with E-state index in [2.05, 4.69) is 4.90 Å². The van der Waals surface area contributed by atoms with E-state index in [1.165, 1.54) is 0 Å². The summed E-state index contributed by atoms with van der Waals surface area (Å²) in [6.07, 6.45) is 2.12. The lowest BCUT2D eigenvalue weighted by atomic mass is 9.87. The fourth-order valence-electron chi connectivity index (χ4n) is 2.61. The highest BCUT2D eigenvalue weighted by atomic mass is 32.2. The molecule has 0 aromatic rings. The van der Waals surface area contributed by atoms with E-state index in [4.69, 9.17) is 4.74 Å². The van der Waals surface area contributed by atoms with Gasteiger partial charge in [-0.25, -0.2) is 0 Å². The van der Waals surface area contributed by atoms with Crippen LogP contribution in [0.25, 0.3) is 0 Å². The standard InChI is InChI=1S/C12H21NO3S/c14-12(15)11(10-1-7-17-8-2-10)9-13-3-5-16-6-4-13/h10-11H,1-9H2,(H,14,15). The smallest absolute Gasteiger partial charge is 0.308 e. The first-order valence-electron chi connectivity index (χ1n) is 6.38. The molecule has 4 nitrogen and oxygen atoms in total. The van der Waals surface area contributed by atoms with Gasteiger partial charge in [0.25, 0.3) is 0 Å². The molecule has 17 heavy (non-hydrogen) atoms. The monoisotopic (exact) mass is 259 g/mol. The second-order valence-corrected chi connectivity index (χ2v) is 6.03. The molecule has 2 heterocycles. The van der Waals surface area contributed by atoms with Crippen molar-refractivity contribution in [2.24, 2.45) is 11.8 Å². The summed E-state index contributed by atoms with van der Waals surface area (Å²) in [6.45, 7) is 3.95. The van der Waals surface area contributed by atoms with Crippen molar-refractivity contribution in [3.05, 3.63) is 0 Å². The van der Waals surface area contributed by atoms with Crippen LogP contribution in [0.5, 0.6) is 0 Å². The summed E-state index contributed by atoms with van der Waals surface area (Å²) in [5.74, 6) is 1.81. The molecule has 0 spiro atoms. The molecule has 1 atom stereocenters. The molecule has 5 heteroatoms. The maximum Gasteiger partial charge on any atom is 0.308 e. The molecule has 0 aromatic carbocycles. The molecule has 2 rings (SSSR count). The lowest BCUT2D eigenvalue weighted by molar-refractivity contribution is -0.145. The quantitative estimate of drug-likeness (QED) is 0.821. The van der Waals surface area contributed by atoms with Crippen molar-refractivity contribution in [1.82, 2.24) is 4.90 Å². The molecule has 0 amide bonds. The number of hydrogen-bond acceptors (Lipinski definition) is 4. The van der Waals surface area contributed by atoms with Gasteiger partial charge in [-0.1, -0.05) is 0 Å². The van der Waals surface area contributed by atoms with Crippen molar-refractivity contribution < 1.29 is 14.6 Å². The molecule has 2 saturated heterocycles. The highest BCUT2D eigenvalue weighted by molar-refractivity contribution is 7.99. The van der Waals surface area contributed by atoms with Crippen molar-refractivity contribution >= 4 is 17.7 Å². The number of rotatable bonds is 4. The number of ether oxygens (including phenoxy) is 1. The van der Waals surface area contributed by atoms with Crippen molar-refractivity contribution in [1.29, 1.82) is 0 Å². The fraction of sp³-hybridized carbons (Fsp3) is 0.917. The first kappa shape index (κ1) is 13.2. The van der Waals surface area contributed by atoms with Crippen LogP contribution in [0, 0.1) is 11.8 Å². The zero-order chi connectivity index (χ0) is 12.1. The molecule has 2 fully saturated rings. The third-order valence-corrected chi connectivity index (χ3v) is 4.76. The van der Waals surface area contributed by atoms with E-state index in [-0.39, 0.29) is 5.92 Å². The summed E-state index contributed by atoms with van der Waals surface area (Å²) in [7, 11) is 0. The van der Waals surface area contributed by atoms with Gasteiger partial charge in [0.2, 0.25) is 0 Å². The zero-order valence-corrected chi connectivity index (χ0v) is 11.0. The van der Waals surface area contributed by atoms with Crippen LogP contribution in [0.15, 0.2) is 0 Å². The van der Waals surface area contributed by atoms with Gasteiger partial charge in [0.05, 0.1) is 19.1 Å². The molecular weight excluding hydrogens is 238 g/mol. The molecular formula is C12H21NO3S. The maximum atomic E-state index is 11.4. The summed E-state index contributed by atoms with van der Waals surface area (Å²) in [5, 5.41) is 9.39.